The highest BCUT2D eigenvalue weighted by Crippen LogP contribution is 2.30. The van der Waals surface area contributed by atoms with Crippen molar-refractivity contribution in [2.24, 2.45) is 5.73 Å². The molecule has 0 fully saturated rings. The molecule has 5 nitrogen and oxygen atoms in total. The predicted octanol–water partition coefficient (Wildman–Crippen LogP) is 0.0481. The second-order valence-electron chi connectivity index (χ2n) is 3.76. The molecular weight excluding hydrogens is 228 g/mol. The second-order valence-corrected chi connectivity index (χ2v) is 5.86. The Hall–Kier alpha value is -1.40. The lowest BCUT2D eigenvalue weighted by Crippen LogP contribution is -2.44. The summed E-state index contributed by atoms with van der Waals surface area (Å²) < 4.78 is 24.0. The first-order valence-electron chi connectivity index (χ1n) is 4.82. The predicted molar refractivity (Wildman–Crippen MR) is 59.8 cm³/mol. The van der Waals surface area contributed by atoms with E-state index in [0.717, 1.165) is 5.56 Å². The maximum absolute atomic E-state index is 12.0. The highest BCUT2D eigenvalue weighted by atomic mass is 32.2. The molecule has 1 heterocycles. The Morgan fingerprint density at radius 1 is 1.44 bits per heavy atom. The molecule has 2 rings (SSSR count). The highest BCUT2D eigenvalue weighted by Gasteiger charge is 2.38. The molecule has 1 aliphatic rings. The Bertz CT molecular complexity index is 551. The number of fused-ring (bicyclic) bond motifs is 1. The zero-order valence-corrected chi connectivity index (χ0v) is 9.54. The van der Waals surface area contributed by atoms with Gasteiger partial charge in [0.15, 0.2) is 15.1 Å². The van der Waals surface area contributed by atoms with E-state index in [1.165, 1.54) is 6.07 Å². The Balaban J connectivity index is 2.67. The van der Waals surface area contributed by atoms with E-state index >= 15 is 0 Å². The fourth-order valence-corrected chi connectivity index (χ4v) is 3.31. The summed E-state index contributed by atoms with van der Waals surface area (Å²) >= 11 is 0. The molecule has 16 heavy (non-hydrogen) atoms. The number of carbonyl (C=O) groups excluding carboxylic acids is 1. The van der Waals surface area contributed by atoms with Crippen LogP contribution in [0.25, 0.3) is 0 Å². The van der Waals surface area contributed by atoms with Crippen LogP contribution in [0.5, 0.6) is 0 Å². The van der Waals surface area contributed by atoms with Crippen molar-refractivity contribution in [1.29, 1.82) is 0 Å². The van der Waals surface area contributed by atoms with Crippen molar-refractivity contribution in [2.45, 2.75) is 17.1 Å². The van der Waals surface area contributed by atoms with E-state index in [1.807, 2.05) is 6.92 Å². The van der Waals surface area contributed by atoms with Crippen LogP contribution in [0, 0.1) is 6.92 Å². The Morgan fingerprint density at radius 2 is 2.12 bits per heavy atom. The molecule has 0 saturated carbocycles. The molecule has 3 N–H and O–H groups in total. The van der Waals surface area contributed by atoms with Gasteiger partial charge in [0, 0.05) is 6.54 Å². The van der Waals surface area contributed by atoms with Crippen LogP contribution >= 0.6 is 0 Å². The lowest BCUT2D eigenvalue weighted by molar-refractivity contribution is -0.115. The number of benzene rings is 1. The molecule has 0 bridgehead atoms. The molecule has 1 atom stereocenters. The van der Waals surface area contributed by atoms with E-state index < -0.39 is 21.0 Å². The lowest BCUT2D eigenvalue weighted by atomic mass is 10.2. The van der Waals surface area contributed by atoms with Crippen molar-refractivity contribution in [1.82, 2.24) is 0 Å². The summed E-state index contributed by atoms with van der Waals surface area (Å²) in [5.41, 5.74) is 6.55. The average Bonchev–Trinajstić information content (AvgIpc) is 2.16. The molecule has 0 aromatic heterocycles. The van der Waals surface area contributed by atoms with E-state index in [1.54, 1.807) is 12.1 Å². The molecular formula is C10H12N2O3S. The van der Waals surface area contributed by atoms with E-state index in [4.69, 9.17) is 5.73 Å². The van der Waals surface area contributed by atoms with Crippen LogP contribution in [0.2, 0.25) is 0 Å². The standard InChI is InChI=1S/C10H12N2O3S/c1-6-2-3-8-7(4-6)12-10(13)9(5-11)16(8,14)15/h2-4,9H,5,11H2,1H3,(H,12,13). The molecule has 0 aliphatic carbocycles. The number of nitrogens with one attached hydrogen (secondary N) is 1. The van der Waals surface area contributed by atoms with Gasteiger partial charge in [0.1, 0.15) is 0 Å². The smallest absolute Gasteiger partial charge is 0.244 e. The number of aryl methyl sites for hydroxylation is 1. The van der Waals surface area contributed by atoms with Crippen LogP contribution < -0.4 is 11.1 Å². The minimum absolute atomic E-state index is 0.146. The minimum atomic E-state index is -3.64. The fraction of sp³-hybridized carbons (Fsp3) is 0.300. The van der Waals surface area contributed by atoms with Crippen molar-refractivity contribution in [3.8, 4) is 0 Å². The van der Waals surface area contributed by atoms with Crippen LogP contribution in [0.3, 0.4) is 0 Å². The van der Waals surface area contributed by atoms with Crippen molar-refractivity contribution in [2.75, 3.05) is 11.9 Å². The summed E-state index contributed by atoms with van der Waals surface area (Å²) in [5.74, 6) is -0.555. The SMILES string of the molecule is Cc1ccc2c(c1)NC(=O)C(CN)S2(=O)=O. The normalized spacial score (nSPS) is 22.4. The summed E-state index contributed by atoms with van der Waals surface area (Å²) in [4.78, 5) is 11.7. The quantitative estimate of drug-likeness (QED) is 0.725. The third kappa shape index (κ3) is 1.50. The van der Waals surface area contributed by atoms with Crippen LogP contribution in [-0.2, 0) is 14.6 Å². The maximum atomic E-state index is 12.0. The number of anilines is 1. The molecule has 1 aliphatic heterocycles. The largest absolute Gasteiger partial charge is 0.329 e. The number of sulfone groups is 1. The number of amides is 1. The number of carbonyl (C=O) groups is 1. The molecule has 6 heteroatoms. The van der Waals surface area contributed by atoms with Crippen molar-refractivity contribution in [3.05, 3.63) is 23.8 Å². The fourth-order valence-electron chi connectivity index (χ4n) is 1.73. The van der Waals surface area contributed by atoms with Gasteiger partial charge in [0.2, 0.25) is 5.91 Å². The summed E-state index contributed by atoms with van der Waals surface area (Å²) in [5, 5.41) is 1.38. The van der Waals surface area contributed by atoms with Crippen LogP contribution in [-0.4, -0.2) is 26.1 Å². The number of hydrogen-bond donors (Lipinski definition) is 2. The molecule has 0 saturated heterocycles. The zero-order chi connectivity index (χ0) is 11.9. The lowest BCUT2D eigenvalue weighted by Gasteiger charge is -2.23. The number of rotatable bonds is 1. The van der Waals surface area contributed by atoms with E-state index in [-0.39, 0.29) is 11.4 Å². The van der Waals surface area contributed by atoms with Gasteiger partial charge in [-0.25, -0.2) is 8.42 Å². The van der Waals surface area contributed by atoms with Crippen molar-refractivity contribution in [3.63, 3.8) is 0 Å². The Kier molecular flexibility index (Phi) is 2.47. The molecule has 1 unspecified atom stereocenters. The van der Waals surface area contributed by atoms with Gasteiger partial charge in [-0.1, -0.05) is 6.07 Å². The van der Waals surface area contributed by atoms with Gasteiger partial charge in [-0.2, -0.15) is 0 Å². The first kappa shape index (κ1) is 11.1. The molecule has 86 valence electrons. The van der Waals surface area contributed by atoms with Crippen molar-refractivity contribution < 1.29 is 13.2 Å². The zero-order valence-electron chi connectivity index (χ0n) is 8.73. The molecule has 1 aromatic carbocycles. The number of nitrogens with two attached hydrogens (primary N) is 1. The number of hydrogen-bond acceptors (Lipinski definition) is 4. The van der Waals surface area contributed by atoms with E-state index in [0.29, 0.717) is 5.69 Å². The summed E-state index contributed by atoms with van der Waals surface area (Å²) in [6.45, 7) is 1.62. The van der Waals surface area contributed by atoms with Crippen LogP contribution in [0.1, 0.15) is 5.56 Å². The van der Waals surface area contributed by atoms with Crippen molar-refractivity contribution >= 4 is 21.4 Å². The maximum Gasteiger partial charge on any atom is 0.244 e. The second kappa shape index (κ2) is 3.57. The summed E-state index contributed by atoms with van der Waals surface area (Å²) in [7, 11) is -3.64. The molecule has 0 radical (unpaired) electrons. The average molecular weight is 240 g/mol. The van der Waals surface area contributed by atoms with Gasteiger partial charge >= 0.3 is 0 Å². The summed E-state index contributed by atoms with van der Waals surface area (Å²) in [6, 6.07) is 4.83. The third-order valence-electron chi connectivity index (χ3n) is 2.58. The van der Waals surface area contributed by atoms with Gasteiger partial charge in [-0.05, 0) is 24.6 Å². The molecule has 1 aromatic rings. The van der Waals surface area contributed by atoms with Crippen LogP contribution in [0.4, 0.5) is 5.69 Å². The molecule has 1 amide bonds. The van der Waals surface area contributed by atoms with E-state index in [2.05, 4.69) is 5.32 Å². The monoisotopic (exact) mass is 240 g/mol. The first-order chi connectivity index (χ1) is 7.46. The topological polar surface area (TPSA) is 89.3 Å². The Labute approximate surface area is 93.6 Å². The van der Waals surface area contributed by atoms with Gasteiger partial charge in [0.05, 0.1) is 10.6 Å². The van der Waals surface area contributed by atoms with Crippen LogP contribution in [0.15, 0.2) is 23.1 Å². The summed E-state index contributed by atoms with van der Waals surface area (Å²) in [6.07, 6.45) is 0. The minimum Gasteiger partial charge on any atom is -0.329 e. The van der Waals surface area contributed by atoms with Gasteiger partial charge in [-0.15, -0.1) is 0 Å². The third-order valence-corrected chi connectivity index (χ3v) is 4.71. The first-order valence-corrected chi connectivity index (χ1v) is 6.37. The van der Waals surface area contributed by atoms with E-state index in [9.17, 15) is 13.2 Å². The molecule has 0 spiro atoms. The van der Waals surface area contributed by atoms with Gasteiger partial charge in [-0.3, -0.25) is 4.79 Å². The van der Waals surface area contributed by atoms with Gasteiger partial charge in [0.25, 0.3) is 0 Å². The highest BCUT2D eigenvalue weighted by molar-refractivity contribution is 7.93. The van der Waals surface area contributed by atoms with Gasteiger partial charge < -0.3 is 11.1 Å². The Morgan fingerprint density at radius 3 is 2.75 bits per heavy atom.